The molecule has 0 aliphatic heterocycles. The summed E-state index contributed by atoms with van der Waals surface area (Å²) in [5.74, 6) is -0.213. The summed E-state index contributed by atoms with van der Waals surface area (Å²) in [6, 6.07) is 0. The van der Waals surface area contributed by atoms with E-state index in [4.69, 9.17) is 5.11 Å². The third kappa shape index (κ3) is 2.37. The fourth-order valence-corrected chi connectivity index (χ4v) is 2.22. The standard InChI is InChI=1S/C12H20O2/c1-9(2)12(8-11(13)14)6-4-10(3)5-7-12/h4,9H,5-8H2,1-3H3,(H,13,14). The molecular formula is C12H20O2. The molecule has 2 heteroatoms. The van der Waals surface area contributed by atoms with Gasteiger partial charge in [0.05, 0.1) is 6.42 Å². The second-order valence-corrected chi connectivity index (χ2v) is 4.84. The molecule has 1 N–H and O–H groups in total. The van der Waals surface area contributed by atoms with Crippen LogP contribution in [0.2, 0.25) is 0 Å². The first-order valence-electron chi connectivity index (χ1n) is 5.34. The van der Waals surface area contributed by atoms with Crippen LogP contribution in [0.3, 0.4) is 0 Å². The fraction of sp³-hybridized carbons (Fsp3) is 0.750. The molecule has 1 aliphatic rings. The number of rotatable bonds is 3. The normalized spacial score (nSPS) is 27.6. The van der Waals surface area contributed by atoms with Crippen molar-refractivity contribution in [1.29, 1.82) is 0 Å². The highest BCUT2D eigenvalue weighted by Gasteiger charge is 2.36. The van der Waals surface area contributed by atoms with Crippen molar-refractivity contribution in [1.82, 2.24) is 0 Å². The summed E-state index contributed by atoms with van der Waals surface area (Å²) in [6.07, 6.45) is 5.55. The van der Waals surface area contributed by atoms with Gasteiger partial charge in [-0.2, -0.15) is 0 Å². The lowest BCUT2D eigenvalue weighted by Crippen LogP contribution is -2.31. The number of carboxylic acid groups (broad SMARTS) is 1. The van der Waals surface area contributed by atoms with Crippen LogP contribution in [0.4, 0.5) is 0 Å². The van der Waals surface area contributed by atoms with Gasteiger partial charge in [-0.05, 0) is 37.5 Å². The highest BCUT2D eigenvalue weighted by Crippen LogP contribution is 2.44. The van der Waals surface area contributed by atoms with Gasteiger partial charge in [0, 0.05) is 0 Å². The summed E-state index contributed by atoms with van der Waals surface area (Å²) in [5, 5.41) is 8.93. The molecule has 1 aliphatic carbocycles. The maximum Gasteiger partial charge on any atom is 0.303 e. The Morgan fingerprint density at radius 1 is 1.64 bits per heavy atom. The lowest BCUT2D eigenvalue weighted by Gasteiger charge is -2.38. The minimum atomic E-state index is -0.661. The van der Waals surface area contributed by atoms with Crippen molar-refractivity contribution in [3.63, 3.8) is 0 Å². The third-order valence-corrected chi connectivity index (χ3v) is 3.60. The number of hydrogen-bond donors (Lipinski definition) is 1. The van der Waals surface area contributed by atoms with E-state index in [9.17, 15) is 4.79 Å². The molecule has 1 unspecified atom stereocenters. The van der Waals surface area contributed by atoms with Crippen molar-refractivity contribution in [2.45, 2.75) is 46.5 Å². The first-order chi connectivity index (χ1) is 6.46. The Bertz CT molecular complexity index is 253. The van der Waals surface area contributed by atoms with E-state index >= 15 is 0 Å². The SMILES string of the molecule is CC1=CCC(CC(=O)O)(C(C)C)CC1. The van der Waals surface area contributed by atoms with Crippen LogP contribution in [-0.4, -0.2) is 11.1 Å². The van der Waals surface area contributed by atoms with Gasteiger partial charge in [-0.3, -0.25) is 4.79 Å². The van der Waals surface area contributed by atoms with Crippen LogP contribution in [0.15, 0.2) is 11.6 Å². The summed E-state index contributed by atoms with van der Waals surface area (Å²) in [6.45, 7) is 6.40. The molecule has 1 atom stereocenters. The summed E-state index contributed by atoms with van der Waals surface area (Å²) < 4.78 is 0. The predicted molar refractivity (Wildman–Crippen MR) is 57.1 cm³/mol. The zero-order valence-corrected chi connectivity index (χ0v) is 9.34. The molecule has 0 bridgehead atoms. The average Bonchev–Trinajstić information content (AvgIpc) is 2.08. The Hall–Kier alpha value is -0.790. The molecule has 0 aromatic rings. The Morgan fingerprint density at radius 3 is 2.64 bits per heavy atom. The van der Waals surface area contributed by atoms with Crippen LogP contribution in [0, 0.1) is 11.3 Å². The molecule has 0 radical (unpaired) electrons. The van der Waals surface area contributed by atoms with Gasteiger partial charge >= 0.3 is 5.97 Å². The number of aliphatic carboxylic acids is 1. The topological polar surface area (TPSA) is 37.3 Å². The van der Waals surface area contributed by atoms with E-state index in [1.165, 1.54) is 5.57 Å². The largest absolute Gasteiger partial charge is 0.481 e. The molecule has 0 fully saturated rings. The van der Waals surface area contributed by atoms with E-state index in [2.05, 4.69) is 26.8 Å². The first kappa shape index (κ1) is 11.3. The van der Waals surface area contributed by atoms with Gasteiger partial charge in [-0.15, -0.1) is 0 Å². The number of allylic oxidation sites excluding steroid dienone is 2. The van der Waals surface area contributed by atoms with Gasteiger partial charge in [0.15, 0.2) is 0 Å². The van der Waals surface area contributed by atoms with Crippen LogP contribution >= 0.6 is 0 Å². The molecule has 0 saturated carbocycles. The van der Waals surface area contributed by atoms with Crippen molar-refractivity contribution >= 4 is 5.97 Å². The highest BCUT2D eigenvalue weighted by molar-refractivity contribution is 5.67. The van der Waals surface area contributed by atoms with Crippen LogP contribution in [0.1, 0.15) is 46.5 Å². The van der Waals surface area contributed by atoms with Crippen molar-refractivity contribution in [2.24, 2.45) is 11.3 Å². The van der Waals surface area contributed by atoms with Gasteiger partial charge in [-0.1, -0.05) is 25.5 Å². The van der Waals surface area contributed by atoms with Gasteiger partial charge < -0.3 is 5.11 Å². The molecule has 2 nitrogen and oxygen atoms in total. The summed E-state index contributed by atoms with van der Waals surface area (Å²) in [4.78, 5) is 10.8. The zero-order chi connectivity index (χ0) is 10.8. The van der Waals surface area contributed by atoms with Crippen LogP contribution in [-0.2, 0) is 4.79 Å². The molecule has 0 aromatic carbocycles. The van der Waals surface area contributed by atoms with E-state index in [-0.39, 0.29) is 5.41 Å². The number of hydrogen-bond acceptors (Lipinski definition) is 1. The Morgan fingerprint density at radius 2 is 2.29 bits per heavy atom. The molecule has 0 saturated heterocycles. The molecule has 80 valence electrons. The van der Waals surface area contributed by atoms with Crippen molar-refractivity contribution in [2.75, 3.05) is 0 Å². The van der Waals surface area contributed by atoms with Gasteiger partial charge in [-0.25, -0.2) is 0 Å². The average molecular weight is 196 g/mol. The van der Waals surface area contributed by atoms with Crippen LogP contribution < -0.4 is 0 Å². The maximum absolute atomic E-state index is 10.8. The predicted octanol–water partition coefficient (Wildman–Crippen LogP) is 3.23. The van der Waals surface area contributed by atoms with E-state index in [0.717, 1.165) is 19.3 Å². The van der Waals surface area contributed by atoms with Crippen LogP contribution in [0.25, 0.3) is 0 Å². The molecule has 1 rings (SSSR count). The molecule has 0 spiro atoms. The third-order valence-electron chi connectivity index (χ3n) is 3.60. The maximum atomic E-state index is 10.8. The minimum Gasteiger partial charge on any atom is -0.481 e. The Kier molecular flexibility index (Phi) is 3.35. The highest BCUT2D eigenvalue weighted by atomic mass is 16.4. The van der Waals surface area contributed by atoms with Gasteiger partial charge in [0.25, 0.3) is 0 Å². The van der Waals surface area contributed by atoms with E-state index in [0.29, 0.717) is 12.3 Å². The second-order valence-electron chi connectivity index (χ2n) is 4.84. The zero-order valence-electron chi connectivity index (χ0n) is 9.34. The summed E-state index contributed by atoms with van der Waals surface area (Å²) >= 11 is 0. The first-order valence-corrected chi connectivity index (χ1v) is 5.34. The Labute approximate surface area is 86.0 Å². The minimum absolute atomic E-state index is 0.00530. The quantitative estimate of drug-likeness (QED) is 0.703. The van der Waals surface area contributed by atoms with Crippen LogP contribution in [0.5, 0.6) is 0 Å². The molecular weight excluding hydrogens is 176 g/mol. The molecule has 0 heterocycles. The fourth-order valence-electron chi connectivity index (χ4n) is 2.22. The monoisotopic (exact) mass is 196 g/mol. The lowest BCUT2D eigenvalue weighted by atomic mass is 9.66. The number of carbonyl (C=O) groups is 1. The van der Waals surface area contributed by atoms with E-state index < -0.39 is 5.97 Å². The van der Waals surface area contributed by atoms with Crippen molar-refractivity contribution in [3.05, 3.63) is 11.6 Å². The molecule has 14 heavy (non-hydrogen) atoms. The number of carboxylic acids is 1. The van der Waals surface area contributed by atoms with Crippen molar-refractivity contribution in [3.8, 4) is 0 Å². The van der Waals surface area contributed by atoms with Gasteiger partial charge in [0.1, 0.15) is 0 Å². The molecule has 0 aromatic heterocycles. The second kappa shape index (κ2) is 4.16. The lowest BCUT2D eigenvalue weighted by molar-refractivity contribution is -0.140. The summed E-state index contributed by atoms with van der Waals surface area (Å²) in [7, 11) is 0. The smallest absolute Gasteiger partial charge is 0.303 e. The molecule has 0 amide bonds. The van der Waals surface area contributed by atoms with E-state index in [1.807, 2.05) is 0 Å². The summed E-state index contributed by atoms with van der Waals surface area (Å²) in [5.41, 5.74) is 1.41. The van der Waals surface area contributed by atoms with Crippen molar-refractivity contribution < 1.29 is 9.90 Å². The van der Waals surface area contributed by atoms with E-state index in [1.54, 1.807) is 0 Å². The van der Waals surface area contributed by atoms with Gasteiger partial charge in [0.2, 0.25) is 0 Å². The Balaban J connectivity index is 2.79.